The highest BCUT2D eigenvalue weighted by molar-refractivity contribution is 5.87. The van der Waals surface area contributed by atoms with Crippen LogP contribution in [0.15, 0.2) is 35.3 Å². The van der Waals surface area contributed by atoms with Crippen molar-refractivity contribution in [1.29, 1.82) is 0 Å². The van der Waals surface area contributed by atoms with Crippen molar-refractivity contribution in [2.24, 2.45) is 7.05 Å². The van der Waals surface area contributed by atoms with Crippen LogP contribution in [0.2, 0.25) is 0 Å². The Kier molecular flexibility index (Phi) is 4.20. The summed E-state index contributed by atoms with van der Waals surface area (Å²) < 4.78 is 9.51. The molecule has 1 aromatic carbocycles. The zero-order valence-corrected chi connectivity index (χ0v) is 14.9. The topological polar surface area (TPSA) is 66.1 Å². The molecule has 0 N–H and O–H groups in total. The van der Waals surface area contributed by atoms with Crippen molar-refractivity contribution in [3.63, 3.8) is 0 Å². The van der Waals surface area contributed by atoms with E-state index < -0.39 is 0 Å². The van der Waals surface area contributed by atoms with Gasteiger partial charge in [0.2, 0.25) is 0 Å². The molecule has 3 heterocycles. The number of aldehydes is 1. The Balaban J connectivity index is 1.92. The average Bonchev–Trinajstić information content (AvgIpc) is 3.27. The Hall–Kier alpha value is -2.73. The highest BCUT2D eigenvalue weighted by atomic mass is 16.5. The summed E-state index contributed by atoms with van der Waals surface area (Å²) in [5, 5.41) is 0. The Bertz CT molecular complexity index is 1020. The van der Waals surface area contributed by atoms with Crippen molar-refractivity contribution >= 4 is 17.3 Å². The molecule has 6 heteroatoms. The van der Waals surface area contributed by atoms with Gasteiger partial charge in [-0.1, -0.05) is 0 Å². The van der Waals surface area contributed by atoms with Gasteiger partial charge in [0, 0.05) is 36.5 Å². The summed E-state index contributed by atoms with van der Waals surface area (Å²) in [6, 6.07) is 7.37. The minimum absolute atomic E-state index is 0.0150. The smallest absolute Gasteiger partial charge is 0.253 e. The van der Waals surface area contributed by atoms with E-state index in [0.717, 1.165) is 48.2 Å². The van der Waals surface area contributed by atoms with E-state index >= 15 is 0 Å². The molecule has 3 aromatic rings. The lowest BCUT2D eigenvalue weighted by Gasteiger charge is -2.15. The number of benzene rings is 1. The number of fused-ring (bicyclic) bond motifs is 1. The average molecular weight is 351 g/mol. The maximum absolute atomic E-state index is 12.0. The Morgan fingerprint density at radius 1 is 1.35 bits per heavy atom. The third-order valence-electron chi connectivity index (χ3n) is 4.94. The molecule has 1 atom stereocenters. The van der Waals surface area contributed by atoms with Crippen molar-refractivity contribution in [1.82, 2.24) is 14.1 Å². The molecule has 0 spiro atoms. The van der Waals surface area contributed by atoms with E-state index in [1.165, 1.54) is 0 Å². The van der Waals surface area contributed by atoms with Gasteiger partial charge < -0.3 is 13.9 Å². The zero-order valence-electron chi connectivity index (χ0n) is 14.9. The van der Waals surface area contributed by atoms with E-state index in [1.807, 2.05) is 31.3 Å². The van der Waals surface area contributed by atoms with Crippen LogP contribution in [0.4, 0.5) is 0 Å². The summed E-state index contributed by atoms with van der Waals surface area (Å²) in [6.45, 7) is 3.27. The van der Waals surface area contributed by atoms with Crippen LogP contribution in [-0.4, -0.2) is 33.1 Å². The van der Waals surface area contributed by atoms with Crippen LogP contribution < -0.4 is 5.56 Å². The summed E-state index contributed by atoms with van der Waals surface area (Å²) in [6.07, 6.45) is 4.87. The van der Waals surface area contributed by atoms with Crippen LogP contribution >= 0.6 is 0 Å². The van der Waals surface area contributed by atoms with Crippen molar-refractivity contribution in [3.8, 4) is 11.4 Å². The molecular formula is C20H21N3O3. The number of hydrogen-bond acceptors (Lipinski definition) is 4. The predicted molar refractivity (Wildman–Crippen MR) is 99.5 cm³/mol. The summed E-state index contributed by atoms with van der Waals surface area (Å²) in [5.74, 6) is 0.789. The van der Waals surface area contributed by atoms with Crippen molar-refractivity contribution in [2.45, 2.75) is 32.4 Å². The Morgan fingerprint density at radius 2 is 2.19 bits per heavy atom. The van der Waals surface area contributed by atoms with Crippen LogP contribution in [0.5, 0.6) is 0 Å². The van der Waals surface area contributed by atoms with E-state index in [-0.39, 0.29) is 11.7 Å². The lowest BCUT2D eigenvalue weighted by Crippen LogP contribution is -2.20. The lowest BCUT2D eigenvalue weighted by molar-refractivity contribution is 0.0982. The van der Waals surface area contributed by atoms with Crippen molar-refractivity contribution < 1.29 is 9.53 Å². The predicted octanol–water partition coefficient (Wildman–Crippen LogP) is 2.70. The van der Waals surface area contributed by atoms with Gasteiger partial charge in [0.15, 0.2) is 0 Å². The minimum Gasteiger partial charge on any atom is -0.376 e. The molecule has 0 aliphatic carbocycles. The first kappa shape index (κ1) is 16.7. The molecule has 0 saturated carbocycles. The van der Waals surface area contributed by atoms with Crippen LogP contribution in [0, 0.1) is 6.92 Å². The number of carbonyl (C=O) groups is 1. The fourth-order valence-corrected chi connectivity index (χ4v) is 3.61. The summed E-state index contributed by atoms with van der Waals surface area (Å²) in [4.78, 5) is 28.1. The van der Waals surface area contributed by atoms with Gasteiger partial charge in [-0.25, -0.2) is 4.98 Å². The summed E-state index contributed by atoms with van der Waals surface area (Å²) in [5.41, 5.74) is 3.90. The van der Waals surface area contributed by atoms with Crippen molar-refractivity contribution in [3.05, 3.63) is 51.9 Å². The zero-order chi connectivity index (χ0) is 18.3. The largest absolute Gasteiger partial charge is 0.376 e. The first-order valence-corrected chi connectivity index (χ1v) is 8.81. The molecule has 1 fully saturated rings. The van der Waals surface area contributed by atoms with Gasteiger partial charge in [-0.2, -0.15) is 0 Å². The first-order valence-electron chi connectivity index (χ1n) is 8.81. The molecule has 0 bridgehead atoms. The maximum Gasteiger partial charge on any atom is 0.253 e. The van der Waals surface area contributed by atoms with Gasteiger partial charge in [0.1, 0.15) is 12.1 Å². The third-order valence-corrected chi connectivity index (χ3v) is 4.94. The van der Waals surface area contributed by atoms with E-state index in [4.69, 9.17) is 9.72 Å². The van der Waals surface area contributed by atoms with E-state index in [0.29, 0.717) is 17.7 Å². The SMILES string of the molecule is Cc1cc(-c2nc3ccc(C=O)cc3n2CC2CCCO2)cn(C)c1=O. The van der Waals surface area contributed by atoms with E-state index in [2.05, 4.69) is 4.57 Å². The molecule has 2 aromatic heterocycles. The number of ether oxygens (including phenoxy) is 1. The number of aryl methyl sites for hydroxylation is 2. The molecule has 134 valence electrons. The van der Waals surface area contributed by atoms with Crippen LogP contribution in [0.1, 0.15) is 28.8 Å². The second-order valence-corrected chi connectivity index (χ2v) is 6.87. The second-order valence-electron chi connectivity index (χ2n) is 6.87. The minimum atomic E-state index is -0.0150. The van der Waals surface area contributed by atoms with Crippen LogP contribution in [-0.2, 0) is 18.3 Å². The summed E-state index contributed by atoms with van der Waals surface area (Å²) >= 11 is 0. The third kappa shape index (κ3) is 2.86. The lowest BCUT2D eigenvalue weighted by atomic mass is 10.2. The number of aromatic nitrogens is 3. The van der Waals surface area contributed by atoms with Gasteiger partial charge in [-0.05, 0) is 44.0 Å². The molecule has 0 amide bonds. The molecule has 26 heavy (non-hydrogen) atoms. The van der Waals surface area contributed by atoms with Gasteiger partial charge in [0.05, 0.1) is 23.7 Å². The number of nitrogens with zero attached hydrogens (tertiary/aromatic N) is 3. The van der Waals surface area contributed by atoms with Crippen LogP contribution in [0.25, 0.3) is 22.4 Å². The Labute approximate surface area is 151 Å². The molecule has 6 nitrogen and oxygen atoms in total. The Morgan fingerprint density at radius 3 is 2.88 bits per heavy atom. The maximum atomic E-state index is 12.0. The standard InChI is InChI=1S/C20H21N3O3/c1-13-8-15(10-22(2)20(13)25)19-21-17-6-5-14(12-24)9-18(17)23(19)11-16-4-3-7-26-16/h5-6,8-10,12,16H,3-4,7,11H2,1-2H3. The normalized spacial score (nSPS) is 17.1. The molecule has 0 radical (unpaired) electrons. The number of pyridine rings is 1. The van der Waals surface area contributed by atoms with Gasteiger partial charge in [-0.3, -0.25) is 9.59 Å². The molecule has 1 aliphatic rings. The number of rotatable bonds is 4. The highest BCUT2D eigenvalue weighted by Crippen LogP contribution is 2.27. The number of hydrogen-bond donors (Lipinski definition) is 0. The second kappa shape index (κ2) is 6.53. The van der Waals surface area contributed by atoms with E-state index in [9.17, 15) is 9.59 Å². The molecular weight excluding hydrogens is 330 g/mol. The number of imidazole rings is 1. The molecule has 1 unspecified atom stereocenters. The van der Waals surface area contributed by atoms with Gasteiger partial charge in [-0.15, -0.1) is 0 Å². The first-order chi connectivity index (χ1) is 12.6. The molecule has 1 aliphatic heterocycles. The quantitative estimate of drug-likeness (QED) is 0.678. The van der Waals surface area contributed by atoms with Gasteiger partial charge in [0.25, 0.3) is 5.56 Å². The highest BCUT2D eigenvalue weighted by Gasteiger charge is 2.21. The van der Waals surface area contributed by atoms with Gasteiger partial charge >= 0.3 is 0 Å². The van der Waals surface area contributed by atoms with Crippen molar-refractivity contribution in [2.75, 3.05) is 6.61 Å². The molecule has 1 saturated heterocycles. The fourth-order valence-electron chi connectivity index (χ4n) is 3.61. The van der Waals surface area contributed by atoms with Crippen LogP contribution in [0.3, 0.4) is 0 Å². The summed E-state index contributed by atoms with van der Waals surface area (Å²) in [7, 11) is 1.75. The molecule has 4 rings (SSSR count). The monoisotopic (exact) mass is 351 g/mol. The fraction of sp³-hybridized carbons (Fsp3) is 0.350. The number of carbonyl (C=O) groups excluding carboxylic acids is 1. The van der Waals surface area contributed by atoms with E-state index in [1.54, 1.807) is 17.7 Å².